The largest absolute Gasteiger partial charge is 0.493 e. The highest BCUT2D eigenvalue weighted by Gasteiger charge is 2.20. The molecule has 0 heterocycles. The van der Waals surface area contributed by atoms with Crippen LogP contribution >= 0.6 is 11.6 Å². The quantitative estimate of drug-likeness (QED) is 0.757. The Morgan fingerprint density at radius 3 is 2.52 bits per heavy atom. The predicted molar refractivity (Wildman–Crippen MR) is 93.2 cm³/mol. The topological polar surface area (TPSA) is 38.8 Å². The average Bonchev–Trinajstić information content (AvgIpc) is 2.59. The molecule has 4 nitrogen and oxygen atoms in total. The van der Waals surface area contributed by atoms with Gasteiger partial charge in [0.2, 0.25) is 5.91 Å². The van der Waals surface area contributed by atoms with Crippen molar-refractivity contribution in [2.45, 2.75) is 38.1 Å². The lowest BCUT2D eigenvalue weighted by molar-refractivity contribution is -0.127. The highest BCUT2D eigenvalue weighted by Crippen LogP contribution is 2.36. The van der Waals surface area contributed by atoms with Crippen LogP contribution in [0.2, 0.25) is 5.02 Å². The number of halogens is 1. The van der Waals surface area contributed by atoms with Gasteiger partial charge in [-0.25, -0.2) is 0 Å². The molecule has 1 aromatic rings. The molecule has 2 rings (SSSR count). The van der Waals surface area contributed by atoms with E-state index in [1.54, 1.807) is 38.5 Å². The number of methoxy groups -OCH3 is 2. The van der Waals surface area contributed by atoms with Gasteiger partial charge in [0.05, 0.1) is 19.2 Å². The summed E-state index contributed by atoms with van der Waals surface area (Å²) in [5, 5.41) is 0.458. The van der Waals surface area contributed by atoms with E-state index in [0.717, 1.165) is 18.4 Å². The van der Waals surface area contributed by atoms with Crippen LogP contribution in [0.15, 0.2) is 18.2 Å². The molecule has 0 saturated heterocycles. The van der Waals surface area contributed by atoms with Crippen molar-refractivity contribution >= 4 is 23.6 Å². The summed E-state index contributed by atoms with van der Waals surface area (Å²) in [4.78, 5) is 14.2. The van der Waals surface area contributed by atoms with E-state index < -0.39 is 0 Å². The molecular formula is C18H24ClNO3. The van der Waals surface area contributed by atoms with Gasteiger partial charge in [0.25, 0.3) is 0 Å². The molecule has 0 bridgehead atoms. The molecule has 1 aromatic carbocycles. The minimum atomic E-state index is 0.0165. The standard InChI is InChI=1S/C18H24ClNO3/c1-20(14-7-5-4-6-8-14)17(21)10-9-13-11-15(19)18(23-3)16(12-13)22-2/h9-12,14H,4-8H2,1-3H3/b10-9+. The van der Waals surface area contributed by atoms with Crippen molar-refractivity contribution in [3.05, 3.63) is 28.8 Å². The van der Waals surface area contributed by atoms with Crippen LogP contribution in [0.25, 0.3) is 6.08 Å². The fraction of sp³-hybridized carbons (Fsp3) is 0.500. The first kappa shape index (κ1) is 17.7. The molecule has 1 aliphatic carbocycles. The Morgan fingerprint density at radius 1 is 1.22 bits per heavy atom. The smallest absolute Gasteiger partial charge is 0.246 e. The summed E-state index contributed by atoms with van der Waals surface area (Å²) >= 11 is 6.18. The average molecular weight is 338 g/mol. The molecule has 23 heavy (non-hydrogen) atoms. The van der Waals surface area contributed by atoms with E-state index >= 15 is 0 Å². The third kappa shape index (κ3) is 4.41. The van der Waals surface area contributed by atoms with E-state index in [9.17, 15) is 4.79 Å². The third-order valence-electron chi connectivity index (χ3n) is 4.34. The number of carbonyl (C=O) groups is 1. The van der Waals surface area contributed by atoms with E-state index in [2.05, 4.69) is 0 Å². The molecular weight excluding hydrogens is 314 g/mol. The molecule has 1 amide bonds. The summed E-state index contributed by atoms with van der Waals surface area (Å²) in [5.41, 5.74) is 0.804. The Hall–Kier alpha value is -1.68. The summed E-state index contributed by atoms with van der Waals surface area (Å²) in [6.45, 7) is 0. The minimum absolute atomic E-state index is 0.0165. The Morgan fingerprint density at radius 2 is 1.91 bits per heavy atom. The second-order valence-electron chi connectivity index (χ2n) is 5.81. The van der Waals surface area contributed by atoms with Crippen molar-refractivity contribution in [2.75, 3.05) is 21.3 Å². The van der Waals surface area contributed by atoms with E-state index in [0.29, 0.717) is 22.6 Å². The van der Waals surface area contributed by atoms with E-state index in [4.69, 9.17) is 21.1 Å². The number of likely N-dealkylation sites (N-methyl/N-ethyl adjacent to an activating group) is 1. The summed E-state index contributed by atoms with van der Waals surface area (Å²) < 4.78 is 10.5. The lowest BCUT2D eigenvalue weighted by Gasteiger charge is -2.30. The molecule has 0 N–H and O–H groups in total. The molecule has 1 saturated carbocycles. The van der Waals surface area contributed by atoms with Crippen molar-refractivity contribution in [3.63, 3.8) is 0 Å². The number of ether oxygens (including phenoxy) is 2. The van der Waals surface area contributed by atoms with Gasteiger partial charge >= 0.3 is 0 Å². The minimum Gasteiger partial charge on any atom is -0.493 e. The van der Waals surface area contributed by atoms with Crippen LogP contribution in [-0.2, 0) is 4.79 Å². The number of hydrogen-bond acceptors (Lipinski definition) is 3. The zero-order valence-electron chi connectivity index (χ0n) is 14.0. The van der Waals surface area contributed by atoms with Crippen LogP contribution in [0.5, 0.6) is 11.5 Å². The molecule has 1 aliphatic rings. The second kappa shape index (κ2) is 8.25. The maximum atomic E-state index is 12.3. The highest BCUT2D eigenvalue weighted by molar-refractivity contribution is 6.32. The van der Waals surface area contributed by atoms with Gasteiger partial charge in [0.15, 0.2) is 11.5 Å². The Kier molecular flexibility index (Phi) is 6.34. The van der Waals surface area contributed by atoms with Crippen molar-refractivity contribution < 1.29 is 14.3 Å². The first-order valence-corrected chi connectivity index (χ1v) is 8.31. The first-order chi connectivity index (χ1) is 11.1. The number of rotatable bonds is 5. The zero-order chi connectivity index (χ0) is 16.8. The van der Waals surface area contributed by atoms with Crippen LogP contribution in [0.1, 0.15) is 37.7 Å². The second-order valence-corrected chi connectivity index (χ2v) is 6.22. The Labute approximate surface area is 143 Å². The number of amides is 1. The van der Waals surface area contributed by atoms with Gasteiger partial charge in [-0.2, -0.15) is 0 Å². The van der Waals surface area contributed by atoms with Gasteiger partial charge in [0, 0.05) is 19.2 Å². The number of carbonyl (C=O) groups excluding carboxylic acids is 1. The molecule has 0 unspecified atom stereocenters. The number of hydrogen-bond donors (Lipinski definition) is 0. The molecule has 0 atom stereocenters. The van der Waals surface area contributed by atoms with Crippen LogP contribution in [0, 0.1) is 0 Å². The van der Waals surface area contributed by atoms with Gasteiger partial charge in [-0.15, -0.1) is 0 Å². The summed E-state index contributed by atoms with van der Waals surface area (Å²) in [7, 11) is 4.98. The Balaban J connectivity index is 2.09. The van der Waals surface area contributed by atoms with Crippen molar-refractivity contribution in [2.24, 2.45) is 0 Å². The SMILES string of the molecule is COc1cc(/C=C/C(=O)N(C)C2CCCCC2)cc(Cl)c1OC. The fourth-order valence-corrected chi connectivity index (χ4v) is 3.26. The summed E-state index contributed by atoms with van der Waals surface area (Å²) in [6, 6.07) is 3.91. The lowest BCUT2D eigenvalue weighted by atomic mass is 9.94. The van der Waals surface area contributed by atoms with Crippen LogP contribution < -0.4 is 9.47 Å². The molecule has 126 valence electrons. The lowest BCUT2D eigenvalue weighted by Crippen LogP contribution is -2.37. The van der Waals surface area contributed by atoms with E-state index in [-0.39, 0.29) is 5.91 Å². The maximum Gasteiger partial charge on any atom is 0.246 e. The molecule has 0 radical (unpaired) electrons. The zero-order valence-corrected chi connectivity index (χ0v) is 14.7. The Bertz CT molecular complexity index is 580. The fourth-order valence-electron chi connectivity index (χ4n) is 2.97. The van der Waals surface area contributed by atoms with Crippen molar-refractivity contribution in [3.8, 4) is 11.5 Å². The highest BCUT2D eigenvalue weighted by atomic mass is 35.5. The van der Waals surface area contributed by atoms with Gasteiger partial charge in [-0.3, -0.25) is 4.79 Å². The number of nitrogens with zero attached hydrogens (tertiary/aromatic N) is 1. The van der Waals surface area contributed by atoms with E-state index in [1.807, 2.05) is 11.9 Å². The normalized spacial score (nSPS) is 15.7. The number of benzene rings is 1. The van der Waals surface area contributed by atoms with Gasteiger partial charge in [-0.05, 0) is 36.6 Å². The van der Waals surface area contributed by atoms with Gasteiger partial charge in [0.1, 0.15) is 0 Å². The first-order valence-electron chi connectivity index (χ1n) is 7.93. The van der Waals surface area contributed by atoms with E-state index in [1.165, 1.54) is 19.3 Å². The molecule has 1 fully saturated rings. The summed E-state index contributed by atoms with van der Waals surface area (Å²) in [5.74, 6) is 1.06. The third-order valence-corrected chi connectivity index (χ3v) is 4.63. The molecule has 0 aliphatic heterocycles. The van der Waals surface area contributed by atoms with Crippen molar-refractivity contribution in [1.29, 1.82) is 0 Å². The molecule has 0 aromatic heterocycles. The van der Waals surface area contributed by atoms with Crippen LogP contribution in [0.3, 0.4) is 0 Å². The van der Waals surface area contributed by atoms with Gasteiger partial charge < -0.3 is 14.4 Å². The monoisotopic (exact) mass is 337 g/mol. The van der Waals surface area contributed by atoms with Gasteiger partial charge in [-0.1, -0.05) is 30.9 Å². The summed E-state index contributed by atoms with van der Waals surface area (Å²) in [6.07, 6.45) is 9.23. The van der Waals surface area contributed by atoms with Crippen LogP contribution in [0.4, 0.5) is 0 Å². The van der Waals surface area contributed by atoms with Crippen molar-refractivity contribution in [1.82, 2.24) is 4.90 Å². The predicted octanol–water partition coefficient (Wildman–Crippen LogP) is 4.16. The molecule has 5 heteroatoms. The van der Waals surface area contributed by atoms with Crippen LogP contribution in [-0.4, -0.2) is 38.1 Å². The molecule has 0 spiro atoms. The maximum absolute atomic E-state index is 12.3.